The van der Waals surface area contributed by atoms with Crippen LogP contribution in [0.5, 0.6) is 0 Å². The molecule has 0 aliphatic heterocycles. The number of fused-ring (bicyclic) bond motifs is 1. The lowest BCUT2D eigenvalue weighted by molar-refractivity contribution is 0.617. The van der Waals surface area contributed by atoms with Crippen LogP contribution in [0.1, 0.15) is 83.4 Å². The maximum Gasteiger partial charge on any atom is 0.0120 e. The van der Waals surface area contributed by atoms with Crippen molar-refractivity contribution in [3.8, 4) is 0 Å². The van der Waals surface area contributed by atoms with Crippen molar-refractivity contribution in [1.82, 2.24) is 0 Å². The van der Waals surface area contributed by atoms with Gasteiger partial charge in [0.05, 0.1) is 0 Å². The highest BCUT2D eigenvalue weighted by molar-refractivity contribution is 5.86. The molecule has 0 spiro atoms. The molecule has 0 fully saturated rings. The summed E-state index contributed by atoms with van der Waals surface area (Å²) in [4.78, 5) is 0. The summed E-state index contributed by atoms with van der Waals surface area (Å²) in [6.07, 6.45) is 15.1. The highest BCUT2D eigenvalue weighted by Gasteiger charge is 2.36. The molecule has 1 unspecified atom stereocenters. The summed E-state index contributed by atoms with van der Waals surface area (Å²) in [5.74, 6) is 1.16. The summed E-state index contributed by atoms with van der Waals surface area (Å²) >= 11 is 0. The molecule has 0 amide bonds. The SMILES string of the molecule is C/C=C\C1=C(CC)C(C)(C)c2ccc(C3C=C([C@H](C)CC)C=CC3)cc21. The van der Waals surface area contributed by atoms with Crippen molar-refractivity contribution in [3.63, 3.8) is 0 Å². The molecule has 0 radical (unpaired) electrons. The summed E-state index contributed by atoms with van der Waals surface area (Å²) in [5.41, 5.74) is 9.07. The number of hydrogen-bond acceptors (Lipinski definition) is 0. The van der Waals surface area contributed by atoms with Gasteiger partial charge in [-0.1, -0.05) is 88.8 Å². The van der Waals surface area contributed by atoms with Crippen LogP contribution in [0.3, 0.4) is 0 Å². The molecule has 2 aliphatic rings. The molecule has 0 heteroatoms. The molecule has 0 bridgehead atoms. The van der Waals surface area contributed by atoms with Crippen LogP contribution in [-0.4, -0.2) is 0 Å². The zero-order valence-electron chi connectivity index (χ0n) is 17.4. The molecule has 1 aromatic rings. The summed E-state index contributed by atoms with van der Waals surface area (Å²) in [5, 5.41) is 0. The van der Waals surface area contributed by atoms with Crippen molar-refractivity contribution < 1.29 is 0 Å². The summed E-state index contributed by atoms with van der Waals surface area (Å²) in [6.45, 7) is 13.8. The van der Waals surface area contributed by atoms with E-state index in [-0.39, 0.29) is 5.41 Å². The average molecular weight is 347 g/mol. The van der Waals surface area contributed by atoms with Gasteiger partial charge in [0, 0.05) is 11.3 Å². The van der Waals surface area contributed by atoms with Crippen LogP contribution < -0.4 is 0 Å². The third-order valence-electron chi connectivity index (χ3n) is 6.48. The van der Waals surface area contributed by atoms with E-state index >= 15 is 0 Å². The average Bonchev–Trinajstić information content (AvgIpc) is 2.87. The van der Waals surface area contributed by atoms with Crippen LogP contribution in [0, 0.1) is 5.92 Å². The van der Waals surface area contributed by atoms with Crippen molar-refractivity contribution >= 4 is 5.57 Å². The molecular weight excluding hydrogens is 312 g/mol. The molecule has 0 saturated carbocycles. The Morgan fingerprint density at radius 2 is 2.00 bits per heavy atom. The maximum atomic E-state index is 2.51. The van der Waals surface area contributed by atoms with Crippen LogP contribution in [0.4, 0.5) is 0 Å². The van der Waals surface area contributed by atoms with Gasteiger partial charge in [-0.15, -0.1) is 0 Å². The molecule has 0 nitrogen and oxygen atoms in total. The highest BCUT2D eigenvalue weighted by Crippen LogP contribution is 2.49. The van der Waals surface area contributed by atoms with Gasteiger partial charge in [0.1, 0.15) is 0 Å². The first-order valence-corrected chi connectivity index (χ1v) is 10.3. The van der Waals surface area contributed by atoms with Gasteiger partial charge in [-0.05, 0) is 59.9 Å². The predicted molar refractivity (Wildman–Crippen MR) is 116 cm³/mol. The van der Waals surface area contributed by atoms with Crippen LogP contribution in [0.2, 0.25) is 0 Å². The third-order valence-corrected chi connectivity index (χ3v) is 6.48. The van der Waals surface area contributed by atoms with E-state index in [0.29, 0.717) is 11.8 Å². The molecule has 2 atom stereocenters. The second-order valence-electron chi connectivity index (χ2n) is 8.40. The normalized spacial score (nSPS) is 22.7. The lowest BCUT2D eigenvalue weighted by Crippen LogP contribution is -2.17. The smallest absolute Gasteiger partial charge is 0.0120 e. The Balaban J connectivity index is 2.05. The van der Waals surface area contributed by atoms with Crippen LogP contribution in [0.15, 0.2) is 59.7 Å². The van der Waals surface area contributed by atoms with E-state index in [1.807, 2.05) is 0 Å². The molecule has 26 heavy (non-hydrogen) atoms. The topological polar surface area (TPSA) is 0 Å². The Labute approximate surface area is 160 Å². The van der Waals surface area contributed by atoms with Gasteiger partial charge >= 0.3 is 0 Å². The zero-order chi connectivity index (χ0) is 18.9. The first-order valence-electron chi connectivity index (χ1n) is 10.3. The highest BCUT2D eigenvalue weighted by atomic mass is 14.4. The minimum atomic E-state index is 0.141. The maximum absolute atomic E-state index is 2.51. The van der Waals surface area contributed by atoms with Crippen LogP contribution >= 0.6 is 0 Å². The van der Waals surface area contributed by atoms with Gasteiger partial charge in [0.25, 0.3) is 0 Å². The van der Waals surface area contributed by atoms with Crippen molar-refractivity contribution in [2.45, 2.75) is 72.1 Å². The molecule has 0 aromatic heterocycles. The van der Waals surface area contributed by atoms with E-state index < -0.39 is 0 Å². The first-order chi connectivity index (χ1) is 12.4. The van der Waals surface area contributed by atoms with E-state index in [1.165, 1.54) is 34.3 Å². The molecule has 1 aromatic carbocycles. The Hall–Kier alpha value is -1.82. The van der Waals surface area contributed by atoms with E-state index in [0.717, 1.165) is 12.8 Å². The lowest BCUT2D eigenvalue weighted by atomic mass is 9.79. The van der Waals surface area contributed by atoms with Crippen LogP contribution in [-0.2, 0) is 5.41 Å². The molecule has 3 rings (SSSR count). The summed E-state index contributed by atoms with van der Waals surface area (Å²) in [7, 11) is 0. The Kier molecular flexibility index (Phi) is 5.42. The molecule has 0 N–H and O–H groups in total. The third kappa shape index (κ3) is 3.15. The Morgan fingerprint density at radius 3 is 2.65 bits per heavy atom. The van der Waals surface area contributed by atoms with Gasteiger partial charge in [0.15, 0.2) is 0 Å². The molecule has 0 saturated heterocycles. The fourth-order valence-corrected chi connectivity index (χ4v) is 4.71. The van der Waals surface area contributed by atoms with Crippen molar-refractivity contribution in [2.75, 3.05) is 0 Å². The van der Waals surface area contributed by atoms with Crippen LogP contribution in [0.25, 0.3) is 5.57 Å². The Bertz CT molecular complexity index is 795. The van der Waals surface area contributed by atoms with E-state index in [1.54, 1.807) is 5.57 Å². The molecular formula is C26H34. The number of hydrogen-bond donors (Lipinski definition) is 0. The summed E-state index contributed by atoms with van der Waals surface area (Å²) in [6, 6.07) is 7.25. The fourth-order valence-electron chi connectivity index (χ4n) is 4.71. The zero-order valence-corrected chi connectivity index (χ0v) is 17.4. The number of rotatable bonds is 5. The van der Waals surface area contributed by atoms with Crippen molar-refractivity contribution in [2.24, 2.45) is 5.92 Å². The first kappa shape index (κ1) is 19.0. The molecule has 138 valence electrons. The van der Waals surface area contributed by atoms with Gasteiger partial charge in [-0.3, -0.25) is 0 Å². The van der Waals surface area contributed by atoms with Crippen molar-refractivity contribution in [3.05, 3.63) is 76.4 Å². The van der Waals surface area contributed by atoms with E-state index in [4.69, 9.17) is 0 Å². The van der Waals surface area contributed by atoms with E-state index in [2.05, 4.69) is 90.1 Å². The quantitative estimate of drug-likeness (QED) is 0.511. The largest absolute Gasteiger partial charge is 0.0870 e. The van der Waals surface area contributed by atoms with Crippen molar-refractivity contribution in [1.29, 1.82) is 0 Å². The molecule has 2 aliphatic carbocycles. The lowest BCUT2D eigenvalue weighted by Gasteiger charge is -2.25. The monoisotopic (exact) mass is 346 g/mol. The van der Waals surface area contributed by atoms with E-state index in [9.17, 15) is 0 Å². The molecule has 0 heterocycles. The summed E-state index contributed by atoms with van der Waals surface area (Å²) < 4.78 is 0. The minimum absolute atomic E-state index is 0.141. The van der Waals surface area contributed by atoms with Gasteiger partial charge in [-0.2, -0.15) is 0 Å². The van der Waals surface area contributed by atoms with Gasteiger partial charge in [-0.25, -0.2) is 0 Å². The second-order valence-corrected chi connectivity index (χ2v) is 8.40. The fraction of sp³-hybridized carbons (Fsp3) is 0.462. The standard InChI is InChI=1S/C26H34/c1-7-11-22-23-17-21(14-15-25(23)26(5,6)24(22)9-3)20-13-10-12-19(16-20)18(4)8-2/h7,10-12,14-18,20H,8-9,13H2,1-6H3/b11-7-/t18-,20?/m1/s1. The number of benzene rings is 1. The van der Waals surface area contributed by atoms with Gasteiger partial charge in [0.2, 0.25) is 0 Å². The minimum Gasteiger partial charge on any atom is -0.0870 e. The van der Waals surface area contributed by atoms with Gasteiger partial charge < -0.3 is 0 Å². The number of allylic oxidation sites excluding steroid dienone is 8. The second kappa shape index (κ2) is 7.43. The predicted octanol–water partition coefficient (Wildman–Crippen LogP) is 7.73. The Morgan fingerprint density at radius 1 is 1.23 bits per heavy atom.